The Hall–Kier alpha value is -6.44. The maximum absolute atomic E-state index is 2.58. The first kappa shape index (κ1) is 31.9. The Kier molecular flexibility index (Phi) is 6.70. The quantitative estimate of drug-likeness (QED) is 0.175. The van der Waals surface area contributed by atoms with Crippen molar-refractivity contribution in [2.24, 2.45) is 0 Å². The van der Waals surface area contributed by atoms with Crippen molar-refractivity contribution in [3.05, 3.63) is 254 Å². The number of fused-ring (bicyclic) bond motifs is 18. The molecule has 0 N–H and O–H groups in total. The lowest BCUT2D eigenvalue weighted by Crippen LogP contribution is -2.35. The maximum atomic E-state index is 2.58. The minimum absolute atomic E-state index is 0.322. The summed E-state index contributed by atoms with van der Waals surface area (Å²) in [5.74, 6) is 0. The highest BCUT2D eigenvalue weighted by Gasteiger charge is 2.51. The summed E-state index contributed by atoms with van der Waals surface area (Å²) >= 11 is 0. The molecule has 8 aromatic carbocycles. The lowest BCUT2D eigenvalue weighted by atomic mass is 9.61. The second kappa shape index (κ2) is 11.8. The van der Waals surface area contributed by atoms with E-state index in [0.29, 0.717) is 0 Å². The third-order valence-corrected chi connectivity index (χ3v) is 13.7. The van der Waals surface area contributed by atoms with Crippen molar-refractivity contribution in [3.8, 4) is 22.3 Å². The Morgan fingerprint density at radius 1 is 0.375 bits per heavy atom. The molecule has 0 aromatic heterocycles. The summed E-state index contributed by atoms with van der Waals surface area (Å²) in [6, 6.07) is 69.6. The predicted molar refractivity (Wildman–Crippen MR) is 230 cm³/mol. The lowest BCUT2D eigenvalue weighted by molar-refractivity contribution is 0.716. The van der Waals surface area contributed by atoms with Crippen LogP contribution in [0.1, 0.15) is 79.2 Å². The van der Waals surface area contributed by atoms with E-state index in [1.54, 1.807) is 0 Å². The van der Waals surface area contributed by atoms with Crippen molar-refractivity contribution in [3.63, 3.8) is 0 Å². The lowest BCUT2D eigenvalue weighted by Gasteiger charge is -2.41. The number of hydrogen-bond donors (Lipinski definition) is 0. The summed E-state index contributed by atoms with van der Waals surface area (Å²) in [4.78, 5) is 2.58. The normalized spacial score (nSPS) is 15.2. The molecule has 0 bridgehead atoms. The Morgan fingerprint density at radius 2 is 0.786 bits per heavy atom. The van der Waals surface area contributed by atoms with Crippen LogP contribution in [-0.4, -0.2) is 6.54 Å². The molecule has 0 heterocycles. The Bertz CT molecular complexity index is 2820. The van der Waals surface area contributed by atoms with Crippen LogP contribution in [0.15, 0.2) is 182 Å². The molecule has 4 aliphatic carbocycles. The summed E-state index contributed by atoms with van der Waals surface area (Å²) < 4.78 is 0. The van der Waals surface area contributed by atoms with Gasteiger partial charge in [-0.2, -0.15) is 0 Å². The molecule has 0 saturated heterocycles. The van der Waals surface area contributed by atoms with E-state index in [9.17, 15) is 0 Å². The fraction of sp³-hybridized carbons (Fsp3) is 0.127. The number of anilines is 1. The molecule has 1 nitrogen and oxygen atoms in total. The van der Waals surface area contributed by atoms with E-state index in [1.807, 2.05) is 0 Å². The van der Waals surface area contributed by atoms with Crippen LogP contribution in [0.25, 0.3) is 22.3 Å². The van der Waals surface area contributed by atoms with Crippen LogP contribution < -0.4 is 4.90 Å². The van der Waals surface area contributed by atoms with Crippen molar-refractivity contribution in [2.45, 2.75) is 37.1 Å². The van der Waals surface area contributed by atoms with Gasteiger partial charge in [0.15, 0.2) is 0 Å². The van der Waals surface area contributed by atoms with Gasteiger partial charge in [0.05, 0.1) is 10.8 Å². The first-order valence-corrected chi connectivity index (χ1v) is 20.3. The van der Waals surface area contributed by atoms with Gasteiger partial charge in [0.1, 0.15) is 0 Å². The van der Waals surface area contributed by atoms with Gasteiger partial charge < -0.3 is 4.90 Å². The molecule has 8 aromatic rings. The van der Waals surface area contributed by atoms with E-state index in [1.165, 1.54) is 100 Å². The summed E-state index contributed by atoms with van der Waals surface area (Å²) in [6.07, 6.45) is 1.89. The molecule has 56 heavy (non-hydrogen) atoms. The smallest absolute Gasteiger partial charge is 0.0719 e. The monoisotopic (exact) mass is 715 g/mol. The molecular weight excluding hydrogens is 675 g/mol. The van der Waals surface area contributed by atoms with Gasteiger partial charge in [-0.3, -0.25) is 0 Å². The van der Waals surface area contributed by atoms with Crippen LogP contribution in [0.4, 0.5) is 5.69 Å². The van der Waals surface area contributed by atoms with E-state index in [2.05, 4.69) is 194 Å². The van der Waals surface area contributed by atoms with Gasteiger partial charge in [0.2, 0.25) is 0 Å². The minimum Gasteiger partial charge on any atom is -0.367 e. The molecule has 266 valence electrons. The number of nitrogens with zero attached hydrogens (tertiary/aromatic N) is 1. The fourth-order valence-electron chi connectivity index (χ4n) is 11.5. The van der Waals surface area contributed by atoms with Gasteiger partial charge in [-0.05, 0) is 126 Å². The van der Waals surface area contributed by atoms with Crippen molar-refractivity contribution >= 4 is 5.69 Å². The molecular formula is C55H41N. The van der Waals surface area contributed by atoms with Crippen LogP contribution in [0, 0.1) is 0 Å². The van der Waals surface area contributed by atoms with Crippen LogP contribution in [0.2, 0.25) is 0 Å². The molecule has 0 saturated carbocycles. The maximum Gasteiger partial charge on any atom is 0.0719 e. The molecule has 4 aliphatic rings. The van der Waals surface area contributed by atoms with Crippen molar-refractivity contribution in [1.82, 2.24) is 0 Å². The second-order valence-electron chi connectivity index (χ2n) is 16.2. The fourth-order valence-corrected chi connectivity index (χ4v) is 11.5. The van der Waals surface area contributed by atoms with Gasteiger partial charge in [0, 0.05) is 18.8 Å². The van der Waals surface area contributed by atoms with Gasteiger partial charge in [-0.15, -0.1) is 0 Å². The van der Waals surface area contributed by atoms with E-state index in [-0.39, 0.29) is 10.8 Å². The largest absolute Gasteiger partial charge is 0.367 e. The first-order valence-electron chi connectivity index (χ1n) is 20.3. The average Bonchev–Trinajstić information content (AvgIpc) is 3.72. The summed E-state index contributed by atoms with van der Waals surface area (Å²) in [5, 5.41) is 0. The molecule has 0 aliphatic heterocycles. The first-order chi connectivity index (χ1) is 27.7. The standard InChI is InChI=1S/C55H41N/c1-2-56(41-29-28-39-32-37-15-3-10-22-47(37)55(53(39)34-41)51-25-13-7-19-44(51)45-20-8-14-26-52(45)55)35-36-27-30-48-40(31-36)33-38-16-4-9-21-46(38)54(48)49-23-11-5-17-42(49)43-18-6-12-24-50(43)54/h3-31,34H,2,32-33,35H2,1H3. The Labute approximate surface area is 329 Å². The zero-order valence-corrected chi connectivity index (χ0v) is 31.6. The second-order valence-corrected chi connectivity index (χ2v) is 16.2. The van der Waals surface area contributed by atoms with E-state index >= 15 is 0 Å². The van der Waals surface area contributed by atoms with Crippen molar-refractivity contribution in [2.75, 3.05) is 11.4 Å². The highest BCUT2D eigenvalue weighted by Crippen LogP contribution is 2.61. The Morgan fingerprint density at radius 3 is 1.30 bits per heavy atom. The molecule has 0 radical (unpaired) electrons. The van der Waals surface area contributed by atoms with Crippen LogP contribution in [-0.2, 0) is 30.2 Å². The van der Waals surface area contributed by atoms with Crippen LogP contribution in [0.5, 0.6) is 0 Å². The third-order valence-electron chi connectivity index (χ3n) is 13.7. The molecule has 1 heteroatoms. The van der Waals surface area contributed by atoms with Gasteiger partial charge in [0.25, 0.3) is 0 Å². The van der Waals surface area contributed by atoms with Crippen LogP contribution >= 0.6 is 0 Å². The van der Waals surface area contributed by atoms with Gasteiger partial charge in [-0.25, -0.2) is 0 Å². The highest BCUT2D eigenvalue weighted by molar-refractivity contribution is 5.89. The molecule has 0 amide bonds. The zero-order chi connectivity index (χ0) is 37.0. The molecule has 12 rings (SSSR count). The average molecular weight is 716 g/mol. The summed E-state index contributed by atoms with van der Waals surface area (Å²) in [6.45, 7) is 4.07. The molecule has 0 unspecified atom stereocenters. The van der Waals surface area contributed by atoms with Gasteiger partial charge >= 0.3 is 0 Å². The number of rotatable bonds is 4. The summed E-state index contributed by atoms with van der Waals surface area (Å²) in [7, 11) is 0. The molecule has 0 fully saturated rings. The summed E-state index contributed by atoms with van der Waals surface area (Å²) in [5.41, 5.74) is 24.4. The number of hydrogen-bond acceptors (Lipinski definition) is 1. The van der Waals surface area contributed by atoms with E-state index in [0.717, 1.165) is 25.9 Å². The Balaban J connectivity index is 0.990. The zero-order valence-electron chi connectivity index (χ0n) is 31.6. The van der Waals surface area contributed by atoms with Crippen LogP contribution in [0.3, 0.4) is 0 Å². The highest BCUT2D eigenvalue weighted by atomic mass is 15.1. The van der Waals surface area contributed by atoms with E-state index in [4.69, 9.17) is 0 Å². The minimum atomic E-state index is -0.353. The van der Waals surface area contributed by atoms with Crippen molar-refractivity contribution < 1.29 is 0 Å². The van der Waals surface area contributed by atoms with Gasteiger partial charge in [-0.1, -0.05) is 170 Å². The topological polar surface area (TPSA) is 3.24 Å². The SMILES string of the molecule is CCN(Cc1ccc2c(c1)Cc1ccccc1C21c2ccccc2-c2ccccc21)c1ccc2c(c1)C1(c3ccccc3C2)c2ccccc2-c2ccccc21. The molecule has 2 spiro atoms. The molecule has 0 atom stereocenters. The predicted octanol–water partition coefficient (Wildman–Crippen LogP) is 12.2. The third kappa shape index (κ3) is 4.05. The number of benzene rings is 8. The van der Waals surface area contributed by atoms with Crippen molar-refractivity contribution in [1.29, 1.82) is 0 Å². The van der Waals surface area contributed by atoms with E-state index < -0.39 is 0 Å².